The zero-order chi connectivity index (χ0) is 10.6. The van der Waals surface area contributed by atoms with Gasteiger partial charge in [0.1, 0.15) is 0 Å². The Morgan fingerprint density at radius 2 is 1.06 bits per heavy atom. The van der Waals surface area contributed by atoms with Crippen LogP contribution in [0.5, 0.6) is 0 Å². The fourth-order valence-corrected chi connectivity index (χ4v) is 1.20. The predicted octanol–water partition coefficient (Wildman–Crippen LogP) is -1.95. The van der Waals surface area contributed by atoms with Gasteiger partial charge >= 0.3 is 25.8 Å². The molecule has 2 rings (SSSR count). The van der Waals surface area contributed by atoms with Crippen LogP contribution >= 0.6 is 0 Å². The Hall–Kier alpha value is 0.530. The van der Waals surface area contributed by atoms with Gasteiger partial charge in [-0.3, -0.25) is 0 Å². The minimum atomic E-state index is 0. The molecule has 0 aliphatic rings. The summed E-state index contributed by atoms with van der Waals surface area (Å²) in [5, 5.41) is 0. The molecule has 0 fully saturated rings. The Morgan fingerprint density at radius 1 is 0.765 bits per heavy atom. The van der Waals surface area contributed by atoms with Crippen LogP contribution in [0.1, 0.15) is 22.3 Å². The monoisotopic (exact) mass is 524 g/mol. The third-order valence-corrected chi connectivity index (χ3v) is 2.63. The first-order chi connectivity index (χ1) is 6.61. The van der Waals surface area contributed by atoms with E-state index in [0.717, 1.165) is 0 Å². The van der Waals surface area contributed by atoms with Crippen LogP contribution in [0.4, 0.5) is 0 Å². The number of rotatable bonds is 0. The molecule has 0 nitrogen and oxygen atoms in total. The van der Waals surface area contributed by atoms with Crippen LogP contribution in [0, 0.1) is 27.7 Å². The fourth-order valence-electron chi connectivity index (χ4n) is 1.20. The predicted molar refractivity (Wildman–Crippen MR) is 63.0 cm³/mol. The van der Waals surface area contributed by atoms with E-state index in [-0.39, 0.29) is 59.8 Å². The minimum absolute atomic E-state index is 0. The van der Waals surface area contributed by atoms with Gasteiger partial charge in [0.2, 0.25) is 0 Å². The molecule has 0 heterocycles. The molecule has 0 bridgehead atoms. The SMILES string of the molecule is Cc1ccc[c-]1C.Cc1ccc[c-]1C.[Br-].[Br-].[Hf+4]. The van der Waals surface area contributed by atoms with Crippen LogP contribution in [0.3, 0.4) is 0 Å². The zero-order valence-corrected chi connectivity index (χ0v) is 17.5. The van der Waals surface area contributed by atoms with Crippen molar-refractivity contribution in [3.8, 4) is 0 Å². The number of hydrogen-bond donors (Lipinski definition) is 0. The molecule has 92 valence electrons. The average molecular weight is 525 g/mol. The van der Waals surface area contributed by atoms with Gasteiger partial charge in [0.15, 0.2) is 0 Å². The maximum absolute atomic E-state index is 2.12. The molecule has 0 unspecified atom stereocenters. The quantitative estimate of drug-likeness (QED) is 0.278. The van der Waals surface area contributed by atoms with Gasteiger partial charge in [-0.05, 0) is 0 Å². The van der Waals surface area contributed by atoms with E-state index in [1.54, 1.807) is 0 Å². The van der Waals surface area contributed by atoms with E-state index in [9.17, 15) is 0 Å². The van der Waals surface area contributed by atoms with Crippen molar-refractivity contribution in [2.24, 2.45) is 0 Å². The Morgan fingerprint density at radius 3 is 1.12 bits per heavy atom. The van der Waals surface area contributed by atoms with Gasteiger partial charge in [0, 0.05) is 0 Å². The van der Waals surface area contributed by atoms with Crippen LogP contribution in [-0.2, 0) is 25.8 Å². The Labute approximate surface area is 145 Å². The van der Waals surface area contributed by atoms with Gasteiger partial charge in [0.25, 0.3) is 0 Å². The minimum Gasteiger partial charge on any atom is -1.00 e. The first-order valence-electron chi connectivity index (χ1n) is 4.99. The van der Waals surface area contributed by atoms with Crippen molar-refractivity contribution in [1.82, 2.24) is 0 Å². The van der Waals surface area contributed by atoms with Crippen LogP contribution in [-0.4, -0.2) is 0 Å². The summed E-state index contributed by atoms with van der Waals surface area (Å²) in [5.41, 5.74) is 5.56. The smallest absolute Gasteiger partial charge is 1.00 e. The number of halogens is 2. The van der Waals surface area contributed by atoms with Gasteiger partial charge in [-0.25, -0.2) is 24.3 Å². The summed E-state index contributed by atoms with van der Waals surface area (Å²) in [6.07, 6.45) is 0. The molecule has 0 aromatic heterocycles. The third kappa shape index (κ3) is 8.28. The summed E-state index contributed by atoms with van der Waals surface area (Å²) in [5.74, 6) is 0. The average Bonchev–Trinajstić information content (AvgIpc) is 2.67. The van der Waals surface area contributed by atoms with Crippen molar-refractivity contribution in [2.75, 3.05) is 0 Å². The van der Waals surface area contributed by atoms with Gasteiger partial charge in [0.05, 0.1) is 0 Å². The molecule has 0 saturated carbocycles. The molecular weight excluding hydrogens is 506 g/mol. The molecule has 0 atom stereocenters. The normalized spacial score (nSPS) is 7.76. The van der Waals surface area contributed by atoms with Gasteiger partial charge in [-0.1, -0.05) is 27.7 Å². The molecule has 3 heteroatoms. The van der Waals surface area contributed by atoms with Gasteiger partial charge < -0.3 is 34.0 Å². The van der Waals surface area contributed by atoms with Crippen molar-refractivity contribution in [3.63, 3.8) is 0 Å². The van der Waals surface area contributed by atoms with Crippen LogP contribution < -0.4 is 34.0 Å². The molecule has 0 aliphatic carbocycles. The fraction of sp³-hybridized carbons (Fsp3) is 0.286. The standard InChI is InChI=1S/2C7H9.2BrH.Hf/c2*1-6-4-3-5-7(6)2;;;/h2*3-5H,1-2H3;2*1H;/q2*-1;;;+4/p-2. The third-order valence-electron chi connectivity index (χ3n) is 2.63. The van der Waals surface area contributed by atoms with Crippen LogP contribution in [0.15, 0.2) is 36.4 Å². The van der Waals surface area contributed by atoms with E-state index in [4.69, 9.17) is 0 Å². The molecular formula is C14H18Br2Hf. The molecule has 0 saturated heterocycles. The molecule has 0 amide bonds. The van der Waals surface area contributed by atoms with Crippen molar-refractivity contribution in [2.45, 2.75) is 27.7 Å². The summed E-state index contributed by atoms with van der Waals surface area (Å²) in [7, 11) is 0. The largest absolute Gasteiger partial charge is 4.00 e. The van der Waals surface area contributed by atoms with Crippen LogP contribution in [0.25, 0.3) is 0 Å². The molecule has 0 spiro atoms. The van der Waals surface area contributed by atoms with E-state index in [2.05, 4.69) is 64.1 Å². The Bertz CT molecular complexity index is 317. The van der Waals surface area contributed by atoms with Crippen molar-refractivity contribution in [3.05, 3.63) is 58.7 Å². The number of aryl methyl sites for hydroxylation is 4. The second-order valence-corrected chi connectivity index (χ2v) is 3.78. The summed E-state index contributed by atoms with van der Waals surface area (Å²) in [6.45, 7) is 8.48. The summed E-state index contributed by atoms with van der Waals surface area (Å²) in [4.78, 5) is 0. The van der Waals surface area contributed by atoms with Gasteiger partial charge in [-0.2, -0.15) is 34.4 Å². The number of hydrogen-bond acceptors (Lipinski definition) is 0. The Kier molecular flexibility index (Phi) is 15.5. The molecule has 2 aromatic carbocycles. The first-order valence-corrected chi connectivity index (χ1v) is 4.99. The molecule has 0 aliphatic heterocycles. The first kappa shape index (κ1) is 22.7. The molecule has 0 radical (unpaired) electrons. The van der Waals surface area contributed by atoms with E-state index >= 15 is 0 Å². The van der Waals surface area contributed by atoms with Gasteiger partial charge in [-0.15, -0.1) is 0 Å². The maximum atomic E-state index is 2.12. The van der Waals surface area contributed by atoms with E-state index in [1.165, 1.54) is 22.3 Å². The van der Waals surface area contributed by atoms with E-state index < -0.39 is 0 Å². The topological polar surface area (TPSA) is 0 Å². The molecule has 0 N–H and O–H groups in total. The Balaban J connectivity index is -0.000000196. The maximum Gasteiger partial charge on any atom is 4.00 e. The molecule has 17 heavy (non-hydrogen) atoms. The van der Waals surface area contributed by atoms with Crippen molar-refractivity contribution >= 4 is 0 Å². The second-order valence-electron chi connectivity index (χ2n) is 3.78. The summed E-state index contributed by atoms with van der Waals surface area (Å²) >= 11 is 0. The van der Waals surface area contributed by atoms with E-state index in [0.29, 0.717) is 0 Å². The molecule has 2 aromatic rings. The van der Waals surface area contributed by atoms with Crippen molar-refractivity contribution < 1.29 is 59.8 Å². The summed E-state index contributed by atoms with van der Waals surface area (Å²) in [6, 6.07) is 12.6. The summed E-state index contributed by atoms with van der Waals surface area (Å²) < 4.78 is 0. The zero-order valence-electron chi connectivity index (χ0n) is 10.7. The van der Waals surface area contributed by atoms with E-state index in [1.807, 2.05) is 0 Å². The second kappa shape index (κ2) is 11.6. The van der Waals surface area contributed by atoms with Crippen LogP contribution in [0.2, 0.25) is 0 Å². The van der Waals surface area contributed by atoms with Crippen molar-refractivity contribution in [1.29, 1.82) is 0 Å².